The van der Waals surface area contributed by atoms with Crippen molar-refractivity contribution in [2.75, 3.05) is 18.9 Å². The van der Waals surface area contributed by atoms with Gasteiger partial charge in [-0.1, -0.05) is 11.8 Å². The lowest BCUT2D eigenvalue weighted by Crippen LogP contribution is -2.58. The van der Waals surface area contributed by atoms with Crippen molar-refractivity contribution in [3.63, 3.8) is 0 Å². The van der Waals surface area contributed by atoms with Crippen LogP contribution >= 0.6 is 23.5 Å². The van der Waals surface area contributed by atoms with E-state index in [9.17, 15) is 15.3 Å². The third kappa shape index (κ3) is 2.88. The van der Waals surface area contributed by atoms with Crippen LogP contribution in [0.25, 0.3) is 0 Å². The van der Waals surface area contributed by atoms with Gasteiger partial charge in [-0.3, -0.25) is 4.99 Å². The summed E-state index contributed by atoms with van der Waals surface area (Å²) in [6.07, 6.45) is -3.45. The van der Waals surface area contributed by atoms with Gasteiger partial charge in [-0.05, 0) is 0 Å². The van der Waals surface area contributed by atoms with E-state index in [1.165, 1.54) is 11.8 Å². The zero-order valence-electron chi connectivity index (χ0n) is 9.06. The molecule has 6 nitrogen and oxygen atoms in total. The van der Waals surface area contributed by atoms with Gasteiger partial charge in [-0.15, -0.1) is 11.8 Å². The lowest BCUT2D eigenvalue weighted by atomic mass is 10.0. The number of nitrogens with zero attached hydrogens (tertiary/aromatic N) is 1. The van der Waals surface area contributed by atoms with Crippen LogP contribution in [0, 0.1) is 0 Å². The molecule has 8 heteroatoms. The van der Waals surface area contributed by atoms with Gasteiger partial charge >= 0.3 is 0 Å². The second kappa shape index (κ2) is 5.77. The van der Waals surface area contributed by atoms with E-state index in [0.29, 0.717) is 0 Å². The van der Waals surface area contributed by atoms with Gasteiger partial charge in [0.05, 0.1) is 24.5 Å². The number of nitrogens with one attached hydrogen (secondary N) is 1. The molecule has 2 aliphatic rings. The molecule has 0 bridgehead atoms. The van der Waals surface area contributed by atoms with Crippen molar-refractivity contribution in [1.82, 2.24) is 5.32 Å². The molecule has 0 aromatic rings. The minimum Gasteiger partial charge on any atom is -0.395 e. The first-order chi connectivity index (χ1) is 8.13. The van der Waals surface area contributed by atoms with Gasteiger partial charge in [0.1, 0.15) is 17.6 Å². The summed E-state index contributed by atoms with van der Waals surface area (Å²) in [6, 6.07) is 0. The van der Waals surface area contributed by atoms with Gasteiger partial charge in [0.15, 0.2) is 5.17 Å². The van der Waals surface area contributed by atoms with E-state index in [2.05, 4.69) is 10.3 Å². The van der Waals surface area contributed by atoms with Crippen LogP contribution in [-0.2, 0) is 0 Å². The Kier molecular flexibility index (Phi) is 4.56. The first-order valence-electron chi connectivity index (χ1n) is 5.38. The van der Waals surface area contributed by atoms with Gasteiger partial charge in [0, 0.05) is 5.75 Å². The van der Waals surface area contributed by atoms with Crippen molar-refractivity contribution in [2.45, 2.75) is 28.9 Å². The summed E-state index contributed by atoms with van der Waals surface area (Å²) in [4.78, 5) is 4.20. The molecule has 5 N–H and O–H groups in total. The van der Waals surface area contributed by atoms with Crippen molar-refractivity contribution < 1.29 is 20.4 Å². The molecule has 0 saturated carbocycles. The van der Waals surface area contributed by atoms with Crippen molar-refractivity contribution in [3.8, 4) is 0 Å². The highest BCUT2D eigenvalue weighted by atomic mass is 32.2. The molecule has 2 aliphatic heterocycles. The Morgan fingerprint density at radius 3 is 2.59 bits per heavy atom. The molecule has 0 aromatic carbocycles. The van der Waals surface area contributed by atoms with E-state index in [0.717, 1.165) is 17.5 Å². The van der Waals surface area contributed by atoms with Crippen LogP contribution in [0.5, 0.6) is 0 Å². The van der Waals surface area contributed by atoms with Gasteiger partial charge < -0.3 is 25.7 Å². The quantitative estimate of drug-likeness (QED) is 0.406. The second-order valence-electron chi connectivity index (χ2n) is 3.93. The minimum atomic E-state index is -1.25. The van der Waals surface area contributed by atoms with Gasteiger partial charge in [-0.2, -0.15) is 0 Å². The minimum absolute atomic E-state index is 0.243. The van der Waals surface area contributed by atoms with E-state index < -0.39 is 28.9 Å². The maximum atomic E-state index is 9.84. The molecule has 2 heterocycles. The van der Waals surface area contributed by atoms with Gasteiger partial charge in [0.2, 0.25) is 0 Å². The number of amidine groups is 1. The number of thioether (sulfide) groups is 2. The number of aliphatic hydroxyl groups is 4. The maximum absolute atomic E-state index is 9.84. The Hall–Kier alpha value is 0.01000. The van der Waals surface area contributed by atoms with Crippen LogP contribution in [0.1, 0.15) is 0 Å². The third-order valence-electron chi connectivity index (χ3n) is 2.74. The first kappa shape index (κ1) is 13.4. The molecule has 0 spiro atoms. The highest BCUT2D eigenvalue weighted by Gasteiger charge is 2.43. The van der Waals surface area contributed by atoms with Crippen LogP contribution in [-0.4, -0.2) is 73.4 Å². The van der Waals surface area contributed by atoms with Crippen LogP contribution in [0.2, 0.25) is 0 Å². The van der Waals surface area contributed by atoms with Crippen molar-refractivity contribution >= 4 is 28.7 Å². The third-order valence-corrected chi connectivity index (χ3v) is 5.12. The van der Waals surface area contributed by atoms with E-state index >= 15 is 0 Å². The van der Waals surface area contributed by atoms with Gasteiger partial charge in [-0.25, -0.2) is 0 Å². The highest BCUT2D eigenvalue weighted by Crippen LogP contribution is 2.31. The second-order valence-corrected chi connectivity index (χ2v) is 6.40. The summed E-state index contributed by atoms with van der Waals surface area (Å²) in [7, 11) is 0. The molecule has 0 unspecified atom stereocenters. The Balaban J connectivity index is 2.00. The molecule has 0 amide bonds. The van der Waals surface area contributed by atoms with E-state index in [1.54, 1.807) is 11.8 Å². The highest BCUT2D eigenvalue weighted by molar-refractivity contribution is 8.14. The lowest BCUT2D eigenvalue weighted by molar-refractivity contribution is -0.0708. The SMILES string of the molecule is OC[C@H]1S[C@@H](NC2=NCCS2)[C@H](O)[C@@H](O)[C@@H]1O. The monoisotopic (exact) mass is 280 g/mol. The topological polar surface area (TPSA) is 105 Å². The Bertz CT molecular complexity index is 303. The maximum Gasteiger partial charge on any atom is 0.157 e. The summed E-state index contributed by atoms with van der Waals surface area (Å²) in [5.41, 5.74) is 0. The van der Waals surface area contributed by atoms with E-state index in [1.807, 2.05) is 0 Å². The molecule has 1 fully saturated rings. The molecule has 0 aromatic heterocycles. The van der Waals surface area contributed by atoms with Gasteiger partial charge in [0.25, 0.3) is 0 Å². The van der Waals surface area contributed by atoms with Crippen molar-refractivity contribution in [3.05, 3.63) is 0 Å². The average molecular weight is 280 g/mol. The number of rotatable bonds is 2. The molecular formula is C9H16N2O4S2. The molecule has 2 rings (SSSR count). The number of aliphatic hydroxyl groups excluding tert-OH is 4. The van der Waals surface area contributed by atoms with Crippen LogP contribution in [0.3, 0.4) is 0 Å². The fraction of sp³-hybridized carbons (Fsp3) is 0.889. The number of hydrogen-bond acceptors (Lipinski definition) is 8. The van der Waals surface area contributed by atoms with Crippen LogP contribution in [0.4, 0.5) is 0 Å². The van der Waals surface area contributed by atoms with Crippen molar-refractivity contribution in [2.24, 2.45) is 4.99 Å². The normalized spacial score (nSPS) is 42.4. The predicted molar refractivity (Wildman–Crippen MR) is 68.2 cm³/mol. The summed E-state index contributed by atoms with van der Waals surface area (Å²) < 4.78 is 0. The Labute approximate surface area is 108 Å². The molecule has 17 heavy (non-hydrogen) atoms. The smallest absolute Gasteiger partial charge is 0.157 e. The van der Waals surface area contributed by atoms with E-state index in [-0.39, 0.29) is 6.61 Å². The largest absolute Gasteiger partial charge is 0.395 e. The Morgan fingerprint density at radius 2 is 2.00 bits per heavy atom. The van der Waals surface area contributed by atoms with Crippen molar-refractivity contribution in [1.29, 1.82) is 0 Å². The molecule has 5 atom stereocenters. The predicted octanol–water partition coefficient (Wildman–Crippen LogP) is -1.80. The van der Waals surface area contributed by atoms with E-state index in [4.69, 9.17) is 5.11 Å². The fourth-order valence-electron chi connectivity index (χ4n) is 1.76. The first-order valence-corrected chi connectivity index (χ1v) is 7.30. The lowest BCUT2D eigenvalue weighted by Gasteiger charge is -2.39. The number of aliphatic imine (C=N–C) groups is 1. The molecule has 98 valence electrons. The standard InChI is InChI=1S/C9H16N2O4S2/c12-3-4-5(13)6(14)7(15)8(17-4)11-9-10-1-2-16-9/h4-8,12-15H,1-3H2,(H,10,11)/t4-,5-,6+,7-,8-/m1/s1. The molecule has 0 radical (unpaired) electrons. The summed E-state index contributed by atoms with van der Waals surface area (Å²) in [6.45, 7) is 0.502. The summed E-state index contributed by atoms with van der Waals surface area (Å²) in [5.74, 6) is 0.907. The summed E-state index contributed by atoms with van der Waals surface area (Å²) in [5, 5.41) is 41.1. The zero-order valence-corrected chi connectivity index (χ0v) is 10.7. The molecule has 1 saturated heterocycles. The molecule has 0 aliphatic carbocycles. The van der Waals surface area contributed by atoms with Crippen LogP contribution < -0.4 is 5.32 Å². The molecular weight excluding hydrogens is 264 g/mol. The Morgan fingerprint density at radius 1 is 1.24 bits per heavy atom. The number of hydrogen-bond donors (Lipinski definition) is 5. The fourth-order valence-corrected chi connectivity index (χ4v) is 3.89. The average Bonchev–Trinajstić information content (AvgIpc) is 2.83. The van der Waals surface area contributed by atoms with Crippen LogP contribution in [0.15, 0.2) is 4.99 Å². The zero-order chi connectivity index (χ0) is 12.4. The summed E-state index contributed by atoms with van der Waals surface area (Å²) >= 11 is 2.78.